The monoisotopic (exact) mass is 346 g/mol. The third-order valence-electron chi connectivity index (χ3n) is 10.2. The fourth-order valence-corrected chi connectivity index (χ4v) is 8.88. The summed E-state index contributed by atoms with van der Waals surface area (Å²) in [5.74, 6) is 5.00. The van der Waals surface area contributed by atoms with Crippen LogP contribution in [0.5, 0.6) is 0 Å². The Bertz CT molecular complexity index is 486. The minimum absolute atomic E-state index is 0.0527. The zero-order chi connectivity index (χ0) is 17.8. The summed E-state index contributed by atoms with van der Waals surface area (Å²) in [6, 6.07) is 0. The van der Waals surface area contributed by atoms with Crippen LogP contribution in [0, 0.1) is 46.3 Å². The molecule has 4 saturated carbocycles. The van der Waals surface area contributed by atoms with Crippen LogP contribution in [0.2, 0.25) is 0 Å². The summed E-state index contributed by atoms with van der Waals surface area (Å²) in [5, 5.41) is 11.5. The molecule has 1 N–H and O–H groups in total. The molecule has 0 radical (unpaired) electrons. The van der Waals surface area contributed by atoms with Gasteiger partial charge >= 0.3 is 0 Å². The maximum absolute atomic E-state index is 11.5. The van der Waals surface area contributed by atoms with Gasteiger partial charge in [-0.05, 0) is 91.3 Å². The summed E-state index contributed by atoms with van der Waals surface area (Å²) < 4.78 is 0. The second kappa shape index (κ2) is 6.54. The Morgan fingerprint density at radius 1 is 1.00 bits per heavy atom. The van der Waals surface area contributed by atoms with Gasteiger partial charge in [0.1, 0.15) is 0 Å². The highest BCUT2D eigenvalue weighted by Gasteiger charge is 2.63. The predicted octanol–water partition coefficient (Wildman–Crippen LogP) is 6.44. The number of aliphatic hydroxyl groups is 1. The summed E-state index contributed by atoms with van der Waals surface area (Å²) in [5.41, 5.74) is 0.740. The number of hydrogen-bond donors (Lipinski definition) is 1. The lowest BCUT2D eigenvalue weighted by molar-refractivity contribution is -0.168. The van der Waals surface area contributed by atoms with Crippen LogP contribution in [0.15, 0.2) is 0 Å². The van der Waals surface area contributed by atoms with Gasteiger partial charge in [-0.3, -0.25) is 0 Å². The second-order valence-corrected chi connectivity index (χ2v) is 11.0. The molecule has 0 amide bonds. The minimum Gasteiger partial charge on any atom is -0.393 e. The van der Waals surface area contributed by atoms with Gasteiger partial charge in [-0.15, -0.1) is 0 Å². The fraction of sp³-hybridized carbons (Fsp3) is 1.00. The first kappa shape index (κ1) is 18.3. The SMILES string of the molecule is CCC[C@@H](C)[C@H]1CC[C@H]2[C@@H]3CCC4CCCC[C@]4(C)[C@H]3CC(O)[C@]12C. The third kappa shape index (κ3) is 2.58. The topological polar surface area (TPSA) is 20.2 Å². The molecule has 1 nitrogen and oxygen atoms in total. The summed E-state index contributed by atoms with van der Waals surface area (Å²) in [4.78, 5) is 0. The van der Waals surface area contributed by atoms with Gasteiger partial charge < -0.3 is 5.11 Å². The van der Waals surface area contributed by atoms with E-state index in [0.29, 0.717) is 5.41 Å². The molecular weight excluding hydrogens is 304 g/mol. The smallest absolute Gasteiger partial charge is 0.0602 e. The first-order chi connectivity index (χ1) is 11.9. The molecule has 0 aromatic rings. The largest absolute Gasteiger partial charge is 0.393 e. The Morgan fingerprint density at radius 3 is 2.56 bits per heavy atom. The Kier molecular flexibility index (Phi) is 4.79. The van der Waals surface area contributed by atoms with Crippen LogP contribution < -0.4 is 0 Å². The van der Waals surface area contributed by atoms with Gasteiger partial charge in [0.15, 0.2) is 0 Å². The van der Waals surface area contributed by atoms with Gasteiger partial charge in [0.05, 0.1) is 6.10 Å². The normalized spacial score (nSPS) is 53.6. The average Bonchev–Trinajstić information content (AvgIpc) is 2.94. The van der Waals surface area contributed by atoms with E-state index in [0.717, 1.165) is 41.9 Å². The molecule has 144 valence electrons. The van der Waals surface area contributed by atoms with Gasteiger partial charge in [-0.25, -0.2) is 0 Å². The lowest BCUT2D eigenvalue weighted by atomic mass is 9.44. The third-order valence-corrected chi connectivity index (χ3v) is 10.2. The molecule has 0 aromatic carbocycles. The first-order valence-corrected chi connectivity index (χ1v) is 11.6. The molecule has 0 bridgehead atoms. The van der Waals surface area contributed by atoms with Crippen molar-refractivity contribution in [2.75, 3.05) is 0 Å². The molecule has 0 aromatic heterocycles. The molecule has 4 rings (SSSR count). The van der Waals surface area contributed by atoms with Gasteiger partial charge in [0, 0.05) is 0 Å². The van der Waals surface area contributed by atoms with Gasteiger partial charge in [0.2, 0.25) is 0 Å². The molecular formula is C24H42O. The summed E-state index contributed by atoms with van der Waals surface area (Å²) in [6.07, 6.45) is 15.2. The maximum atomic E-state index is 11.5. The summed E-state index contributed by atoms with van der Waals surface area (Å²) in [6.45, 7) is 9.91. The van der Waals surface area contributed by atoms with E-state index >= 15 is 0 Å². The standard InChI is InChI=1S/C24H42O/c1-5-8-16(2)19-12-13-20-18-11-10-17-9-6-7-14-23(17,3)21(18)15-22(25)24(19,20)4/h16-22,25H,5-15H2,1-4H3/t16-,17?,18+,19-,20+,21+,22?,23+,24-/m1/s1. The molecule has 4 fully saturated rings. The number of rotatable bonds is 3. The van der Waals surface area contributed by atoms with Crippen LogP contribution in [-0.4, -0.2) is 11.2 Å². The van der Waals surface area contributed by atoms with Crippen molar-refractivity contribution in [2.45, 2.75) is 104 Å². The van der Waals surface area contributed by atoms with Crippen LogP contribution >= 0.6 is 0 Å². The second-order valence-electron chi connectivity index (χ2n) is 11.0. The molecule has 0 spiro atoms. The highest BCUT2D eigenvalue weighted by atomic mass is 16.3. The predicted molar refractivity (Wildman–Crippen MR) is 105 cm³/mol. The first-order valence-electron chi connectivity index (χ1n) is 11.6. The van der Waals surface area contributed by atoms with Crippen molar-refractivity contribution in [3.63, 3.8) is 0 Å². The minimum atomic E-state index is -0.0527. The van der Waals surface area contributed by atoms with Crippen LogP contribution in [-0.2, 0) is 0 Å². The van der Waals surface area contributed by atoms with E-state index in [-0.39, 0.29) is 11.5 Å². The van der Waals surface area contributed by atoms with Crippen molar-refractivity contribution in [1.82, 2.24) is 0 Å². The van der Waals surface area contributed by atoms with E-state index in [1.165, 1.54) is 64.2 Å². The number of fused-ring (bicyclic) bond motifs is 5. The van der Waals surface area contributed by atoms with Crippen molar-refractivity contribution >= 4 is 0 Å². The number of hydrogen-bond acceptors (Lipinski definition) is 1. The van der Waals surface area contributed by atoms with Crippen LogP contribution in [0.4, 0.5) is 0 Å². The average molecular weight is 347 g/mol. The van der Waals surface area contributed by atoms with Crippen molar-refractivity contribution in [2.24, 2.45) is 46.3 Å². The quantitative estimate of drug-likeness (QED) is 0.623. The molecule has 4 aliphatic rings. The zero-order valence-corrected chi connectivity index (χ0v) is 17.3. The molecule has 4 aliphatic carbocycles. The van der Waals surface area contributed by atoms with Gasteiger partial charge in [0.25, 0.3) is 0 Å². The van der Waals surface area contributed by atoms with Crippen molar-refractivity contribution in [1.29, 1.82) is 0 Å². The zero-order valence-electron chi connectivity index (χ0n) is 17.3. The number of aliphatic hydroxyl groups excluding tert-OH is 1. The van der Waals surface area contributed by atoms with Crippen molar-refractivity contribution in [3.05, 3.63) is 0 Å². The Labute approximate surface area is 156 Å². The molecule has 2 unspecified atom stereocenters. The van der Waals surface area contributed by atoms with Gasteiger partial charge in [-0.1, -0.05) is 53.4 Å². The van der Waals surface area contributed by atoms with Crippen LogP contribution in [0.1, 0.15) is 98.3 Å². The van der Waals surface area contributed by atoms with E-state index < -0.39 is 0 Å². The Hall–Kier alpha value is -0.0400. The molecule has 25 heavy (non-hydrogen) atoms. The molecule has 0 saturated heterocycles. The molecule has 0 heterocycles. The fourth-order valence-electron chi connectivity index (χ4n) is 8.88. The summed E-state index contributed by atoms with van der Waals surface area (Å²) in [7, 11) is 0. The highest BCUT2D eigenvalue weighted by molar-refractivity contribution is 5.12. The Balaban J connectivity index is 1.62. The van der Waals surface area contributed by atoms with E-state index in [4.69, 9.17) is 0 Å². The van der Waals surface area contributed by atoms with E-state index in [9.17, 15) is 5.11 Å². The van der Waals surface area contributed by atoms with Gasteiger partial charge in [-0.2, -0.15) is 0 Å². The Morgan fingerprint density at radius 2 is 1.80 bits per heavy atom. The molecule has 9 atom stereocenters. The molecule has 1 heteroatoms. The van der Waals surface area contributed by atoms with Crippen LogP contribution in [0.3, 0.4) is 0 Å². The van der Waals surface area contributed by atoms with E-state index in [2.05, 4.69) is 27.7 Å². The maximum Gasteiger partial charge on any atom is 0.0602 e. The molecule has 0 aliphatic heterocycles. The van der Waals surface area contributed by atoms with Crippen molar-refractivity contribution in [3.8, 4) is 0 Å². The lowest BCUT2D eigenvalue weighted by Gasteiger charge is -2.62. The highest BCUT2D eigenvalue weighted by Crippen LogP contribution is 2.68. The van der Waals surface area contributed by atoms with Crippen molar-refractivity contribution < 1.29 is 5.11 Å². The van der Waals surface area contributed by atoms with E-state index in [1.807, 2.05) is 0 Å². The van der Waals surface area contributed by atoms with Crippen LogP contribution in [0.25, 0.3) is 0 Å². The van der Waals surface area contributed by atoms with E-state index in [1.54, 1.807) is 0 Å². The lowest BCUT2D eigenvalue weighted by Crippen LogP contribution is -2.58. The summed E-state index contributed by atoms with van der Waals surface area (Å²) >= 11 is 0.